The summed E-state index contributed by atoms with van der Waals surface area (Å²) in [5.74, 6) is -0.00137. The Hall–Kier alpha value is -3.39. The van der Waals surface area contributed by atoms with Crippen molar-refractivity contribution in [2.45, 2.75) is 24.5 Å². The Balaban J connectivity index is 1.11. The first-order valence-corrected chi connectivity index (χ1v) is 12.6. The lowest BCUT2D eigenvalue weighted by molar-refractivity contribution is 0.0137. The summed E-state index contributed by atoms with van der Waals surface area (Å²) in [6, 6.07) is 24.1. The molecule has 1 aliphatic heterocycles. The normalized spacial score (nSPS) is 16.7. The van der Waals surface area contributed by atoms with Gasteiger partial charge in [0.05, 0.1) is 6.10 Å². The maximum Gasteiger partial charge on any atom is 0.407 e. The second kappa shape index (κ2) is 11.1. The van der Waals surface area contributed by atoms with Crippen molar-refractivity contribution in [3.8, 4) is 11.1 Å². The average molecular weight is 488 g/mol. The molecular formula is C29H33N3O4. The molecule has 3 aromatic carbocycles. The molecule has 0 radical (unpaired) electrons. The molecule has 1 amide bonds. The third-order valence-electron chi connectivity index (χ3n) is 7.11. The fraction of sp³-hybridized carbons (Fsp3) is 0.345. The number of benzene rings is 3. The quantitative estimate of drug-likeness (QED) is 0.389. The molecule has 0 spiro atoms. The Morgan fingerprint density at radius 1 is 0.972 bits per heavy atom. The van der Waals surface area contributed by atoms with Gasteiger partial charge in [-0.15, -0.1) is 0 Å². The molecule has 2 aliphatic rings. The molecule has 4 N–H and O–H groups in total. The van der Waals surface area contributed by atoms with Crippen LogP contribution in [0.25, 0.3) is 11.1 Å². The van der Waals surface area contributed by atoms with Gasteiger partial charge < -0.3 is 30.5 Å². The number of hydrogen-bond acceptors (Lipinski definition) is 6. The average Bonchev–Trinajstić information content (AvgIpc) is 3.25. The number of hydrogen-bond donors (Lipinski definition) is 4. The Labute approximate surface area is 211 Å². The fourth-order valence-electron chi connectivity index (χ4n) is 5.18. The van der Waals surface area contributed by atoms with Crippen molar-refractivity contribution in [2.75, 3.05) is 44.2 Å². The van der Waals surface area contributed by atoms with Gasteiger partial charge in [0.25, 0.3) is 0 Å². The first-order valence-electron chi connectivity index (χ1n) is 12.6. The van der Waals surface area contributed by atoms with Crippen molar-refractivity contribution in [1.29, 1.82) is 0 Å². The van der Waals surface area contributed by atoms with Gasteiger partial charge in [-0.1, -0.05) is 60.7 Å². The second-order valence-electron chi connectivity index (χ2n) is 9.39. The van der Waals surface area contributed by atoms with Crippen LogP contribution < -0.4 is 15.5 Å². The lowest BCUT2D eigenvalue weighted by Crippen LogP contribution is -2.43. The van der Waals surface area contributed by atoms with Crippen LogP contribution >= 0.6 is 0 Å². The van der Waals surface area contributed by atoms with Gasteiger partial charge in [-0.05, 0) is 46.4 Å². The molecule has 2 unspecified atom stereocenters. The van der Waals surface area contributed by atoms with Crippen LogP contribution in [-0.2, 0) is 4.74 Å². The fourth-order valence-corrected chi connectivity index (χ4v) is 5.18. The maximum absolute atomic E-state index is 12.4. The van der Waals surface area contributed by atoms with Gasteiger partial charge in [-0.25, -0.2) is 4.79 Å². The molecule has 0 aromatic heterocycles. The summed E-state index contributed by atoms with van der Waals surface area (Å²) in [6.07, 6.45) is -2.35. The summed E-state index contributed by atoms with van der Waals surface area (Å²) in [6.45, 7) is 4.11. The molecule has 3 aromatic rings. The zero-order valence-corrected chi connectivity index (χ0v) is 20.3. The van der Waals surface area contributed by atoms with Gasteiger partial charge in [-0.3, -0.25) is 0 Å². The van der Waals surface area contributed by atoms with Gasteiger partial charge in [0.1, 0.15) is 12.7 Å². The predicted molar refractivity (Wildman–Crippen MR) is 140 cm³/mol. The molecule has 1 fully saturated rings. The van der Waals surface area contributed by atoms with Crippen LogP contribution in [0.3, 0.4) is 0 Å². The van der Waals surface area contributed by atoms with Gasteiger partial charge in [0.2, 0.25) is 0 Å². The number of carbonyl (C=O) groups excluding carboxylic acids is 1. The van der Waals surface area contributed by atoms with Crippen LogP contribution in [0.4, 0.5) is 10.5 Å². The minimum absolute atomic E-state index is 0.00137. The predicted octanol–water partition coefficient (Wildman–Crippen LogP) is 3.42. The van der Waals surface area contributed by atoms with E-state index in [0.29, 0.717) is 5.56 Å². The molecule has 1 aliphatic carbocycles. The standard InChI is InChI=1S/C29H33N3O4/c33-27(28(34)20-6-5-7-21(18-20)32-16-14-30-15-17-32)12-13-31-29(35)36-19-26-24-10-3-1-8-22(24)23-9-2-4-11-25(23)26/h1-11,18,26-28,30,33-34H,12-17,19H2,(H,31,35). The molecule has 188 valence electrons. The maximum atomic E-state index is 12.4. The molecule has 5 rings (SSSR count). The number of piperazine rings is 1. The highest BCUT2D eigenvalue weighted by Gasteiger charge is 2.29. The summed E-state index contributed by atoms with van der Waals surface area (Å²) in [5, 5.41) is 27.3. The molecule has 7 nitrogen and oxygen atoms in total. The molecule has 0 saturated carbocycles. The van der Waals surface area contributed by atoms with E-state index in [1.54, 1.807) is 0 Å². The number of rotatable bonds is 8. The van der Waals surface area contributed by atoms with Crippen LogP contribution in [0.2, 0.25) is 0 Å². The zero-order valence-electron chi connectivity index (χ0n) is 20.3. The highest BCUT2D eigenvalue weighted by atomic mass is 16.5. The summed E-state index contributed by atoms with van der Waals surface area (Å²) in [4.78, 5) is 14.6. The SMILES string of the molecule is O=C(NCCC(O)C(O)c1cccc(N2CCNCC2)c1)OCC1c2ccccc2-c2ccccc21. The lowest BCUT2D eigenvalue weighted by Gasteiger charge is -2.30. The van der Waals surface area contributed by atoms with E-state index in [4.69, 9.17) is 4.74 Å². The smallest absolute Gasteiger partial charge is 0.407 e. The first kappa shape index (κ1) is 24.3. The van der Waals surface area contributed by atoms with Crippen molar-refractivity contribution in [3.63, 3.8) is 0 Å². The Kier molecular flexibility index (Phi) is 7.51. The number of aliphatic hydroxyl groups excluding tert-OH is 2. The molecular weight excluding hydrogens is 454 g/mol. The van der Waals surface area contributed by atoms with E-state index in [1.165, 1.54) is 11.1 Å². The lowest BCUT2D eigenvalue weighted by atomic mass is 9.98. The number of nitrogens with one attached hydrogen (secondary N) is 2. The molecule has 1 saturated heterocycles. The number of amides is 1. The van der Waals surface area contributed by atoms with Crippen LogP contribution in [0.1, 0.15) is 35.1 Å². The monoisotopic (exact) mass is 487 g/mol. The molecule has 2 atom stereocenters. The van der Waals surface area contributed by atoms with Gasteiger partial charge in [-0.2, -0.15) is 0 Å². The van der Waals surface area contributed by atoms with Crippen LogP contribution in [-0.4, -0.2) is 61.7 Å². The van der Waals surface area contributed by atoms with Gasteiger partial charge >= 0.3 is 6.09 Å². The summed E-state index contributed by atoms with van der Waals surface area (Å²) in [7, 11) is 0. The molecule has 7 heteroatoms. The third kappa shape index (κ3) is 5.23. The number of fused-ring (bicyclic) bond motifs is 3. The first-order chi connectivity index (χ1) is 17.6. The highest BCUT2D eigenvalue weighted by Crippen LogP contribution is 2.44. The van der Waals surface area contributed by atoms with Gasteiger partial charge in [0, 0.05) is 44.3 Å². The minimum atomic E-state index is -1.03. The van der Waals surface area contributed by atoms with E-state index in [1.807, 2.05) is 48.5 Å². The zero-order chi connectivity index (χ0) is 24.9. The minimum Gasteiger partial charge on any atom is -0.449 e. The molecule has 0 bridgehead atoms. The van der Waals surface area contributed by atoms with E-state index in [-0.39, 0.29) is 25.5 Å². The number of carbonyl (C=O) groups is 1. The largest absolute Gasteiger partial charge is 0.449 e. The number of ether oxygens (including phenoxy) is 1. The summed E-state index contributed by atoms with van der Waals surface area (Å²) < 4.78 is 5.54. The van der Waals surface area contributed by atoms with E-state index >= 15 is 0 Å². The van der Waals surface area contributed by atoms with E-state index in [2.05, 4.69) is 39.8 Å². The van der Waals surface area contributed by atoms with Crippen LogP contribution in [0.5, 0.6) is 0 Å². The Bertz CT molecular complexity index is 1150. The number of nitrogens with zero attached hydrogens (tertiary/aromatic N) is 1. The van der Waals surface area contributed by atoms with E-state index < -0.39 is 18.3 Å². The van der Waals surface area contributed by atoms with E-state index in [0.717, 1.165) is 43.0 Å². The summed E-state index contributed by atoms with van der Waals surface area (Å²) >= 11 is 0. The summed E-state index contributed by atoms with van der Waals surface area (Å²) in [5.41, 5.74) is 6.39. The molecule has 1 heterocycles. The third-order valence-corrected chi connectivity index (χ3v) is 7.11. The second-order valence-corrected chi connectivity index (χ2v) is 9.39. The Morgan fingerprint density at radius 2 is 1.64 bits per heavy atom. The van der Waals surface area contributed by atoms with Crippen molar-refractivity contribution < 1.29 is 19.7 Å². The van der Waals surface area contributed by atoms with E-state index in [9.17, 15) is 15.0 Å². The van der Waals surface area contributed by atoms with Crippen molar-refractivity contribution >= 4 is 11.8 Å². The van der Waals surface area contributed by atoms with Crippen molar-refractivity contribution in [3.05, 3.63) is 89.5 Å². The number of anilines is 1. The van der Waals surface area contributed by atoms with Gasteiger partial charge in [0.15, 0.2) is 0 Å². The molecule has 36 heavy (non-hydrogen) atoms. The van der Waals surface area contributed by atoms with Crippen LogP contribution in [0.15, 0.2) is 72.8 Å². The topological polar surface area (TPSA) is 94.1 Å². The van der Waals surface area contributed by atoms with Crippen molar-refractivity contribution in [2.24, 2.45) is 0 Å². The highest BCUT2D eigenvalue weighted by molar-refractivity contribution is 5.79. The number of aliphatic hydroxyl groups is 2. The van der Waals surface area contributed by atoms with Crippen LogP contribution in [0, 0.1) is 0 Å². The number of alkyl carbamates (subject to hydrolysis) is 1. The van der Waals surface area contributed by atoms with Crippen molar-refractivity contribution in [1.82, 2.24) is 10.6 Å². The Morgan fingerprint density at radius 3 is 2.33 bits per heavy atom.